The van der Waals surface area contributed by atoms with Gasteiger partial charge in [-0.25, -0.2) is 0 Å². The molecule has 0 bridgehead atoms. The van der Waals surface area contributed by atoms with Gasteiger partial charge in [-0.15, -0.1) is 0 Å². The van der Waals surface area contributed by atoms with Crippen molar-refractivity contribution in [2.45, 2.75) is 51.9 Å². The minimum Gasteiger partial charge on any atom is -0.493 e. The molecule has 1 fully saturated rings. The minimum atomic E-state index is -0.747. The Balaban J connectivity index is 1.91. The summed E-state index contributed by atoms with van der Waals surface area (Å²) in [6.45, 7) is 5.03. The van der Waals surface area contributed by atoms with Crippen LogP contribution in [0, 0.1) is 11.8 Å². The van der Waals surface area contributed by atoms with Gasteiger partial charge in [-0.1, -0.05) is 63.1 Å². The monoisotopic (exact) mass is 366 g/mol. The van der Waals surface area contributed by atoms with Crippen LogP contribution in [0.1, 0.15) is 57.4 Å². The molecule has 2 aromatic carbocycles. The lowest BCUT2D eigenvalue weighted by Crippen LogP contribution is -2.15. The summed E-state index contributed by atoms with van der Waals surface area (Å²) in [5.41, 5.74) is 2.92. The number of carboxylic acid groups (broad SMARTS) is 1. The molecule has 144 valence electrons. The molecule has 0 spiro atoms. The first-order chi connectivity index (χ1) is 13.1. The van der Waals surface area contributed by atoms with Crippen LogP contribution < -0.4 is 4.74 Å². The maximum Gasteiger partial charge on any atom is 0.310 e. The fourth-order valence-corrected chi connectivity index (χ4v) is 3.62. The highest BCUT2D eigenvalue weighted by atomic mass is 16.5. The van der Waals surface area contributed by atoms with Gasteiger partial charge in [-0.3, -0.25) is 4.79 Å². The van der Waals surface area contributed by atoms with Gasteiger partial charge in [-0.2, -0.15) is 0 Å². The van der Waals surface area contributed by atoms with Crippen molar-refractivity contribution in [2.24, 2.45) is 11.8 Å². The maximum atomic E-state index is 12.0. The third kappa shape index (κ3) is 5.35. The van der Waals surface area contributed by atoms with E-state index in [2.05, 4.69) is 26.0 Å². The second-order valence-corrected chi connectivity index (χ2v) is 7.90. The second kappa shape index (κ2) is 9.07. The molecule has 0 radical (unpaired) electrons. The Kier molecular flexibility index (Phi) is 6.54. The molecule has 1 saturated carbocycles. The van der Waals surface area contributed by atoms with Gasteiger partial charge in [0.05, 0.1) is 12.5 Å². The molecule has 3 rings (SSSR count). The summed E-state index contributed by atoms with van der Waals surface area (Å²) >= 11 is 0. The van der Waals surface area contributed by atoms with E-state index >= 15 is 0 Å². The van der Waals surface area contributed by atoms with Crippen molar-refractivity contribution in [3.8, 4) is 16.9 Å². The van der Waals surface area contributed by atoms with Crippen LogP contribution in [0.5, 0.6) is 5.75 Å². The van der Waals surface area contributed by atoms with Gasteiger partial charge in [-0.05, 0) is 54.4 Å². The molecule has 0 aliphatic heterocycles. The van der Waals surface area contributed by atoms with E-state index in [-0.39, 0.29) is 0 Å². The number of carbonyl (C=O) groups is 1. The number of ether oxygens (including phenoxy) is 1. The third-order valence-corrected chi connectivity index (χ3v) is 5.38. The lowest BCUT2D eigenvalue weighted by atomic mass is 9.86. The van der Waals surface area contributed by atoms with Gasteiger partial charge in [0, 0.05) is 5.56 Å². The van der Waals surface area contributed by atoms with Crippen LogP contribution in [0.3, 0.4) is 0 Å². The zero-order valence-corrected chi connectivity index (χ0v) is 16.4. The van der Waals surface area contributed by atoms with E-state index in [0.717, 1.165) is 41.9 Å². The Morgan fingerprint density at radius 3 is 2.56 bits per heavy atom. The molecular formula is C24H30O3. The summed E-state index contributed by atoms with van der Waals surface area (Å²) in [5, 5.41) is 9.83. The van der Waals surface area contributed by atoms with Crippen LogP contribution in [0.2, 0.25) is 0 Å². The van der Waals surface area contributed by atoms with Crippen molar-refractivity contribution >= 4 is 5.97 Å². The van der Waals surface area contributed by atoms with Crippen LogP contribution in [0.4, 0.5) is 0 Å². The first kappa shape index (κ1) is 19.5. The first-order valence-corrected chi connectivity index (χ1v) is 10.1. The number of hydrogen-bond donors (Lipinski definition) is 1. The van der Waals surface area contributed by atoms with E-state index in [9.17, 15) is 9.90 Å². The fraction of sp³-hybridized carbons (Fsp3) is 0.458. The van der Waals surface area contributed by atoms with Crippen LogP contribution in [0.25, 0.3) is 11.1 Å². The van der Waals surface area contributed by atoms with Crippen molar-refractivity contribution in [3.05, 3.63) is 54.1 Å². The van der Waals surface area contributed by atoms with E-state index in [1.807, 2.05) is 36.4 Å². The average Bonchev–Trinajstić information content (AvgIpc) is 3.50. The number of hydrogen-bond acceptors (Lipinski definition) is 2. The Morgan fingerprint density at radius 1 is 1.19 bits per heavy atom. The predicted molar refractivity (Wildman–Crippen MR) is 109 cm³/mol. The van der Waals surface area contributed by atoms with Crippen LogP contribution in [0.15, 0.2) is 48.5 Å². The summed E-state index contributed by atoms with van der Waals surface area (Å²) in [4.78, 5) is 12.0. The SMILES string of the molecule is CCCC(C)CC(C(=O)O)c1ccc(OCC2CC2)c(-c2ccccc2)c1. The Morgan fingerprint density at radius 2 is 1.93 bits per heavy atom. The lowest BCUT2D eigenvalue weighted by molar-refractivity contribution is -0.139. The summed E-state index contributed by atoms with van der Waals surface area (Å²) in [6.07, 6.45) is 5.29. The highest BCUT2D eigenvalue weighted by molar-refractivity contribution is 5.78. The van der Waals surface area contributed by atoms with Crippen LogP contribution >= 0.6 is 0 Å². The van der Waals surface area contributed by atoms with E-state index in [1.165, 1.54) is 12.8 Å². The number of benzene rings is 2. The molecule has 0 amide bonds. The minimum absolute atomic E-state index is 0.391. The Bertz CT molecular complexity index is 749. The van der Waals surface area contributed by atoms with Crippen molar-refractivity contribution in [2.75, 3.05) is 6.61 Å². The van der Waals surface area contributed by atoms with Crippen LogP contribution in [-0.4, -0.2) is 17.7 Å². The fourth-order valence-electron chi connectivity index (χ4n) is 3.62. The van der Waals surface area contributed by atoms with Gasteiger partial charge in [0.25, 0.3) is 0 Å². The molecule has 1 aliphatic carbocycles. The molecule has 2 aromatic rings. The highest BCUT2D eigenvalue weighted by Gasteiger charge is 2.25. The third-order valence-electron chi connectivity index (χ3n) is 5.38. The van der Waals surface area contributed by atoms with Gasteiger partial charge in [0.2, 0.25) is 0 Å². The van der Waals surface area contributed by atoms with Crippen LogP contribution in [-0.2, 0) is 4.79 Å². The standard InChI is InChI=1S/C24H30O3/c1-3-7-17(2)14-22(24(25)26)20-12-13-23(27-16-18-10-11-18)21(15-20)19-8-5-4-6-9-19/h4-6,8-9,12-13,15,17-18,22H,3,7,10-11,14,16H2,1-2H3,(H,25,26). The van der Waals surface area contributed by atoms with Crippen molar-refractivity contribution in [1.82, 2.24) is 0 Å². The molecule has 2 atom stereocenters. The molecule has 0 saturated heterocycles. The van der Waals surface area contributed by atoms with Crippen molar-refractivity contribution in [1.29, 1.82) is 0 Å². The first-order valence-electron chi connectivity index (χ1n) is 10.1. The zero-order valence-electron chi connectivity index (χ0n) is 16.4. The Labute approximate surface area is 162 Å². The zero-order chi connectivity index (χ0) is 19.2. The summed E-state index contributed by atoms with van der Waals surface area (Å²) < 4.78 is 6.08. The molecule has 1 aliphatic rings. The van der Waals surface area contributed by atoms with Crippen molar-refractivity contribution < 1.29 is 14.6 Å². The molecule has 1 N–H and O–H groups in total. The average molecular weight is 367 g/mol. The lowest BCUT2D eigenvalue weighted by Gasteiger charge is -2.20. The largest absolute Gasteiger partial charge is 0.493 e. The van der Waals surface area contributed by atoms with E-state index in [0.29, 0.717) is 18.3 Å². The number of rotatable bonds is 10. The molecular weight excluding hydrogens is 336 g/mol. The van der Waals surface area contributed by atoms with Gasteiger partial charge in [0.1, 0.15) is 5.75 Å². The van der Waals surface area contributed by atoms with Gasteiger partial charge in [0.15, 0.2) is 0 Å². The molecule has 0 aromatic heterocycles. The topological polar surface area (TPSA) is 46.5 Å². The summed E-state index contributed by atoms with van der Waals surface area (Å²) in [7, 11) is 0. The van der Waals surface area contributed by atoms with Crippen molar-refractivity contribution in [3.63, 3.8) is 0 Å². The van der Waals surface area contributed by atoms with E-state index in [1.54, 1.807) is 0 Å². The maximum absolute atomic E-state index is 12.0. The number of aliphatic carboxylic acids is 1. The summed E-state index contributed by atoms with van der Waals surface area (Å²) in [5.74, 6) is 0.690. The normalized spacial score (nSPS) is 15.9. The molecule has 3 heteroatoms. The smallest absolute Gasteiger partial charge is 0.310 e. The second-order valence-electron chi connectivity index (χ2n) is 7.90. The molecule has 0 heterocycles. The van der Waals surface area contributed by atoms with Gasteiger partial charge >= 0.3 is 5.97 Å². The summed E-state index contributed by atoms with van der Waals surface area (Å²) in [6, 6.07) is 16.0. The number of carboxylic acids is 1. The predicted octanol–water partition coefficient (Wildman–Crippen LogP) is 6.14. The Hall–Kier alpha value is -2.29. The molecule has 27 heavy (non-hydrogen) atoms. The van der Waals surface area contributed by atoms with E-state index < -0.39 is 11.9 Å². The quantitative estimate of drug-likeness (QED) is 0.549. The van der Waals surface area contributed by atoms with Gasteiger partial charge < -0.3 is 9.84 Å². The highest BCUT2D eigenvalue weighted by Crippen LogP contribution is 2.37. The molecule has 3 nitrogen and oxygen atoms in total. The van der Waals surface area contributed by atoms with E-state index in [4.69, 9.17) is 4.74 Å². The molecule has 2 unspecified atom stereocenters.